The van der Waals surface area contributed by atoms with Crippen LogP contribution in [-0.4, -0.2) is 13.6 Å². The first-order valence-corrected chi connectivity index (χ1v) is 6.35. The van der Waals surface area contributed by atoms with Crippen molar-refractivity contribution < 1.29 is 4.79 Å². The Labute approximate surface area is 96.4 Å². The number of carbonyl (C=O) groups is 1. The van der Waals surface area contributed by atoms with Gasteiger partial charge < -0.3 is 0 Å². The molecule has 88 valence electrons. The summed E-state index contributed by atoms with van der Waals surface area (Å²) >= 11 is 0. The molecular weight excluding hydrogens is 183 g/mol. The fraction of sp³-hybridized carbons (Fsp3) is 0.923. The molecule has 1 nitrogen and oxygen atoms in total. The van der Waals surface area contributed by atoms with Crippen LogP contribution >= 0.6 is 0 Å². The Morgan fingerprint density at radius 2 is 1.73 bits per heavy atom. The van der Waals surface area contributed by atoms with Crippen molar-refractivity contribution in [1.82, 2.24) is 0 Å². The average Bonchev–Trinajstić information content (AvgIpc) is 2.24. The Bertz CT molecular complexity index is 213. The van der Waals surface area contributed by atoms with E-state index in [1.165, 1.54) is 0 Å². The van der Waals surface area contributed by atoms with E-state index in [4.69, 9.17) is 0 Å². The van der Waals surface area contributed by atoms with Crippen LogP contribution in [0.25, 0.3) is 0 Å². The van der Waals surface area contributed by atoms with Crippen molar-refractivity contribution >= 4 is 13.6 Å². The summed E-state index contributed by atoms with van der Waals surface area (Å²) in [6, 6.07) is 0. The quantitative estimate of drug-likeness (QED) is 0.615. The number of hydrogen-bond acceptors (Lipinski definition) is 1. The molecule has 0 radical (unpaired) electrons. The van der Waals surface area contributed by atoms with Gasteiger partial charge in [0.25, 0.3) is 0 Å². The lowest BCUT2D eigenvalue weighted by molar-refractivity contribution is -0.132. The topological polar surface area (TPSA) is 17.1 Å². The maximum Gasteiger partial charge on any atom is 0.140 e. The highest BCUT2D eigenvalue weighted by Gasteiger charge is 2.39. The van der Waals surface area contributed by atoms with E-state index >= 15 is 0 Å². The van der Waals surface area contributed by atoms with Crippen LogP contribution in [0.1, 0.15) is 54.4 Å². The Kier molecular flexibility index (Phi) is 5.62. The zero-order valence-electron chi connectivity index (χ0n) is 11.6. The summed E-state index contributed by atoms with van der Waals surface area (Å²) in [5, 5.41) is 0. The van der Waals surface area contributed by atoms with Gasteiger partial charge in [-0.05, 0) is 12.3 Å². The first-order valence-electron chi connectivity index (χ1n) is 6.35. The lowest BCUT2D eigenvalue weighted by atomic mass is 9.56. The molecule has 0 spiro atoms. The smallest absolute Gasteiger partial charge is 0.140 e. The van der Waals surface area contributed by atoms with Gasteiger partial charge in [-0.3, -0.25) is 4.79 Å². The molecule has 0 rings (SSSR count). The molecule has 2 heteroatoms. The zero-order chi connectivity index (χ0) is 12.2. The number of rotatable bonds is 6. The van der Waals surface area contributed by atoms with Crippen LogP contribution in [-0.2, 0) is 4.79 Å². The highest BCUT2D eigenvalue weighted by Crippen LogP contribution is 2.42. The van der Waals surface area contributed by atoms with Gasteiger partial charge in [0.15, 0.2) is 0 Å². The lowest BCUT2D eigenvalue weighted by Crippen LogP contribution is -2.37. The maximum absolute atomic E-state index is 12.3. The number of hydrogen-bond donors (Lipinski definition) is 0. The van der Waals surface area contributed by atoms with Crippen LogP contribution in [0.4, 0.5) is 0 Å². The summed E-state index contributed by atoms with van der Waals surface area (Å²) < 4.78 is 0. The van der Waals surface area contributed by atoms with Gasteiger partial charge in [-0.25, -0.2) is 0 Å². The molecule has 3 atom stereocenters. The zero-order valence-corrected chi connectivity index (χ0v) is 11.6. The molecule has 0 aliphatic rings. The van der Waals surface area contributed by atoms with E-state index < -0.39 is 0 Å². The SMILES string of the molecule is BC(C(C)CC)C(C)(CC)C(=O)C(C)C. The number of carbonyl (C=O) groups excluding carboxylic acids is 1. The van der Waals surface area contributed by atoms with Gasteiger partial charge in [-0.1, -0.05) is 53.8 Å². The van der Waals surface area contributed by atoms with E-state index in [1.54, 1.807) is 0 Å². The Morgan fingerprint density at radius 3 is 2.00 bits per heavy atom. The van der Waals surface area contributed by atoms with Gasteiger partial charge in [-0.2, -0.15) is 0 Å². The summed E-state index contributed by atoms with van der Waals surface area (Å²) in [7, 11) is 2.23. The van der Waals surface area contributed by atoms with Gasteiger partial charge in [-0.15, -0.1) is 0 Å². The third kappa shape index (κ3) is 3.09. The van der Waals surface area contributed by atoms with E-state index in [9.17, 15) is 4.79 Å². The minimum absolute atomic E-state index is 0.135. The summed E-state index contributed by atoms with van der Waals surface area (Å²) in [6.07, 6.45) is 2.11. The van der Waals surface area contributed by atoms with Crippen LogP contribution in [0.5, 0.6) is 0 Å². The second-order valence-corrected chi connectivity index (χ2v) is 5.46. The summed E-state index contributed by atoms with van der Waals surface area (Å²) in [4.78, 5) is 12.3. The summed E-state index contributed by atoms with van der Waals surface area (Å²) in [6.45, 7) is 12.8. The van der Waals surface area contributed by atoms with Gasteiger partial charge in [0.1, 0.15) is 13.6 Å². The molecule has 0 aromatic carbocycles. The number of ketones is 1. The third-order valence-electron chi connectivity index (χ3n) is 4.32. The van der Waals surface area contributed by atoms with E-state index in [0.29, 0.717) is 17.5 Å². The van der Waals surface area contributed by atoms with Crippen LogP contribution in [0.3, 0.4) is 0 Å². The molecular formula is C13H27BO. The van der Waals surface area contributed by atoms with Crippen LogP contribution in [0.2, 0.25) is 5.82 Å². The molecule has 0 amide bonds. The molecule has 15 heavy (non-hydrogen) atoms. The molecule has 0 aromatic rings. The van der Waals surface area contributed by atoms with E-state index in [0.717, 1.165) is 12.8 Å². The van der Waals surface area contributed by atoms with Crippen molar-refractivity contribution in [2.24, 2.45) is 17.3 Å². The first kappa shape index (κ1) is 14.7. The molecule has 0 aromatic heterocycles. The molecule has 0 aliphatic heterocycles. The average molecular weight is 210 g/mol. The Morgan fingerprint density at radius 1 is 1.27 bits per heavy atom. The molecule has 0 fully saturated rings. The van der Waals surface area contributed by atoms with Crippen LogP contribution in [0, 0.1) is 17.3 Å². The molecule has 0 saturated heterocycles. The number of Topliss-reactive ketones (excluding diaryl/α,β-unsaturated/α-hetero) is 1. The lowest BCUT2D eigenvalue weighted by Gasteiger charge is -2.38. The van der Waals surface area contributed by atoms with Crippen LogP contribution in [0.15, 0.2) is 0 Å². The minimum atomic E-state index is -0.135. The first-order chi connectivity index (χ1) is 6.81. The van der Waals surface area contributed by atoms with E-state index in [-0.39, 0.29) is 11.3 Å². The van der Waals surface area contributed by atoms with Gasteiger partial charge in [0, 0.05) is 11.3 Å². The van der Waals surface area contributed by atoms with Crippen molar-refractivity contribution in [2.45, 2.75) is 60.2 Å². The highest BCUT2D eigenvalue weighted by molar-refractivity contribution is 6.15. The standard InChI is InChI=1S/C13H27BO/c1-7-10(5)11(14)13(6,8-2)12(15)9(3)4/h9-11H,7-8,14H2,1-6H3. The van der Waals surface area contributed by atoms with E-state index in [2.05, 4.69) is 35.5 Å². The summed E-state index contributed by atoms with van der Waals surface area (Å²) in [5.74, 6) is 1.68. The molecule has 3 unspecified atom stereocenters. The normalized spacial score (nSPS) is 19.7. The predicted molar refractivity (Wildman–Crippen MR) is 70.0 cm³/mol. The van der Waals surface area contributed by atoms with Gasteiger partial charge in [0.05, 0.1) is 0 Å². The molecule has 0 bridgehead atoms. The van der Waals surface area contributed by atoms with Gasteiger partial charge >= 0.3 is 0 Å². The Balaban J connectivity index is 4.91. The molecule has 0 N–H and O–H groups in total. The minimum Gasteiger partial charge on any atom is -0.299 e. The van der Waals surface area contributed by atoms with E-state index in [1.807, 2.05) is 13.8 Å². The van der Waals surface area contributed by atoms with Crippen molar-refractivity contribution in [3.63, 3.8) is 0 Å². The second kappa shape index (κ2) is 5.72. The Hall–Kier alpha value is -0.265. The van der Waals surface area contributed by atoms with Crippen molar-refractivity contribution in [1.29, 1.82) is 0 Å². The second-order valence-electron chi connectivity index (χ2n) is 5.46. The van der Waals surface area contributed by atoms with Crippen molar-refractivity contribution in [2.75, 3.05) is 0 Å². The highest BCUT2D eigenvalue weighted by atomic mass is 16.1. The summed E-state index contributed by atoms with van der Waals surface area (Å²) in [5.41, 5.74) is -0.135. The monoisotopic (exact) mass is 210 g/mol. The molecule has 0 heterocycles. The fourth-order valence-electron chi connectivity index (χ4n) is 2.36. The van der Waals surface area contributed by atoms with Gasteiger partial charge in [0.2, 0.25) is 0 Å². The fourth-order valence-corrected chi connectivity index (χ4v) is 2.36. The predicted octanol–water partition coefficient (Wildman–Crippen LogP) is 3.10. The van der Waals surface area contributed by atoms with Crippen molar-refractivity contribution in [3.8, 4) is 0 Å². The van der Waals surface area contributed by atoms with Crippen molar-refractivity contribution in [3.05, 3.63) is 0 Å². The third-order valence-corrected chi connectivity index (χ3v) is 4.32. The molecule has 0 saturated carbocycles. The largest absolute Gasteiger partial charge is 0.299 e. The maximum atomic E-state index is 12.3. The molecule has 0 aliphatic carbocycles. The van der Waals surface area contributed by atoms with Crippen LogP contribution < -0.4 is 0 Å².